The summed E-state index contributed by atoms with van der Waals surface area (Å²) >= 11 is 0. The number of piperidine rings is 2. The lowest BCUT2D eigenvalue weighted by Crippen LogP contribution is -2.54. The second kappa shape index (κ2) is 3.21. The normalized spacial score (nSPS) is 45.4. The van der Waals surface area contributed by atoms with E-state index < -0.39 is 0 Å². The summed E-state index contributed by atoms with van der Waals surface area (Å²) in [5.41, 5.74) is 0.570. The number of hydrogen-bond donors (Lipinski definition) is 0. The Hall–Kier alpha value is -0.0800. The Labute approximate surface area is 93.6 Å². The molecule has 15 heavy (non-hydrogen) atoms. The summed E-state index contributed by atoms with van der Waals surface area (Å²) in [5.74, 6) is 1.92. The average Bonchev–Trinajstić information content (AvgIpc) is 2.39. The minimum Gasteiger partial charge on any atom is -0.306 e. The first-order chi connectivity index (χ1) is 7.03. The highest BCUT2D eigenvalue weighted by atomic mass is 15.2. The van der Waals surface area contributed by atoms with Gasteiger partial charge in [-0.3, -0.25) is 4.90 Å². The SMILES string of the molecule is CN1C[C@H]2C[C@@H](C1)[C@H]1CC(C)(C)CN1C2. The first-order valence-electron chi connectivity index (χ1n) is 6.46. The van der Waals surface area contributed by atoms with Crippen molar-refractivity contribution in [3.8, 4) is 0 Å². The summed E-state index contributed by atoms with van der Waals surface area (Å²) in [5, 5.41) is 0. The molecule has 3 atom stereocenters. The predicted molar refractivity (Wildman–Crippen MR) is 62.9 cm³/mol. The zero-order valence-corrected chi connectivity index (χ0v) is 10.4. The molecule has 0 aromatic rings. The van der Waals surface area contributed by atoms with Gasteiger partial charge >= 0.3 is 0 Å². The van der Waals surface area contributed by atoms with E-state index in [0.29, 0.717) is 5.41 Å². The van der Waals surface area contributed by atoms with Gasteiger partial charge in [0.2, 0.25) is 0 Å². The molecule has 0 aliphatic carbocycles. The van der Waals surface area contributed by atoms with Crippen molar-refractivity contribution in [1.82, 2.24) is 9.80 Å². The van der Waals surface area contributed by atoms with Crippen molar-refractivity contribution in [2.75, 3.05) is 33.2 Å². The fraction of sp³-hybridized carbons (Fsp3) is 1.00. The molecule has 86 valence electrons. The molecular weight excluding hydrogens is 184 g/mol. The van der Waals surface area contributed by atoms with E-state index in [4.69, 9.17) is 0 Å². The summed E-state index contributed by atoms with van der Waals surface area (Å²) < 4.78 is 0. The number of fused-ring (bicyclic) bond motifs is 4. The molecule has 3 saturated heterocycles. The van der Waals surface area contributed by atoms with Crippen molar-refractivity contribution in [3.63, 3.8) is 0 Å². The fourth-order valence-electron chi connectivity index (χ4n) is 4.33. The number of nitrogens with zero attached hydrogens (tertiary/aromatic N) is 2. The highest BCUT2D eigenvalue weighted by Crippen LogP contribution is 2.44. The van der Waals surface area contributed by atoms with Gasteiger partial charge in [0, 0.05) is 32.2 Å². The first-order valence-corrected chi connectivity index (χ1v) is 6.46. The van der Waals surface area contributed by atoms with Crippen molar-refractivity contribution < 1.29 is 0 Å². The van der Waals surface area contributed by atoms with Crippen LogP contribution < -0.4 is 0 Å². The monoisotopic (exact) mass is 208 g/mol. The van der Waals surface area contributed by atoms with Crippen LogP contribution in [0, 0.1) is 17.3 Å². The minimum absolute atomic E-state index is 0.570. The molecule has 0 aromatic heterocycles. The van der Waals surface area contributed by atoms with Crippen LogP contribution in [0.25, 0.3) is 0 Å². The maximum Gasteiger partial charge on any atom is 0.0142 e. The Balaban J connectivity index is 1.80. The van der Waals surface area contributed by atoms with Gasteiger partial charge in [-0.25, -0.2) is 0 Å². The third-order valence-electron chi connectivity index (χ3n) is 4.65. The van der Waals surface area contributed by atoms with E-state index in [9.17, 15) is 0 Å². The van der Waals surface area contributed by atoms with Crippen LogP contribution in [-0.4, -0.2) is 49.1 Å². The van der Waals surface area contributed by atoms with Crippen LogP contribution in [-0.2, 0) is 0 Å². The molecule has 0 aromatic carbocycles. The number of hydrogen-bond acceptors (Lipinski definition) is 2. The Morgan fingerprint density at radius 1 is 1.13 bits per heavy atom. The summed E-state index contributed by atoms with van der Waals surface area (Å²) in [4.78, 5) is 5.35. The van der Waals surface area contributed by atoms with E-state index in [2.05, 4.69) is 30.7 Å². The van der Waals surface area contributed by atoms with Crippen LogP contribution in [0.5, 0.6) is 0 Å². The predicted octanol–water partition coefficient (Wildman–Crippen LogP) is 1.67. The Morgan fingerprint density at radius 3 is 2.73 bits per heavy atom. The molecule has 0 radical (unpaired) electrons. The third-order valence-corrected chi connectivity index (χ3v) is 4.65. The van der Waals surface area contributed by atoms with Crippen LogP contribution in [0.1, 0.15) is 26.7 Å². The van der Waals surface area contributed by atoms with Crippen molar-refractivity contribution in [1.29, 1.82) is 0 Å². The molecule has 3 aliphatic rings. The topological polar surface area (TPSA) is 6.48 Å². The maximum absolute atomic E-state index is 2.80. The summed E-state index contributed by atoms with van der Waals surface area (Å²) in [6.07, 6.45) is 2.93. The van der Waals surface area contributed by atoms with Gasteiger partial charge in [-0.05, 0) is 37.1 Å². The summed E-state index contributed by atoms with van der Waals surface area (Å²) in [6, 6.07) is 0.902. The molecule has 0 amide bonds. The van der Waals surface area contributed by atoms with E-state index in [1.54, 1.807) is 0 Å². The smallest absolute Gasteiger partial charge is 0.0142 e. The number of likely N-dealkylation sites (tertiary alicyclic amines) is 1. The van der Waals surface area contributed by atoms with Gasteiger partial charge in [-0.15, -0.1) is 0 Å². The second-order valence-electron chi connectivity index (χ2n) is 6.95. The van der Waals surface area contributed by atoms with Gasteiger partial charge in [0.1, 0.15) is 0 Å². The van der Waals surface area contributed by atoms with Crippen LogP contribution in [0.3, 0.4) is 0 Å². The van der Waals surface area contributed by atoms with Gasteiger partial charge in [0.15, 0.2) is 0 Å². The second-order valence-corrected chi connectivity index (χ2v) is 6.95. The highest BCUT2D eigenvalue weighted by Gasteiger charge is 2.47. The van der Waals surface area contributed by atoms with Crippen LogP contribution in [0.4, 0.5) is 0 Å². The molecule has 0 spiro atoms. The largest absolute Gasteiger partial charge is 0.306 e. The molecule has 2 nitrogen and oxygen atoms in total. The highest BCUT2D eigenvalue weighted by molar-refractivity contribution is 5.01. The zero-order valence-electron chi connectivity index (χ0n) is 10.4. The average molecular weight is 208 g/mol. The zero-order chi connectivity index (χ0) is 10.6. The Morgan fingerprint density at radius 2 is 1.93 bits per heavy atom. The molecular formula is C13H24N2. The van der Waals surface area contributed by atoms with Crippen molar-refractivity contribution in [2.24, 2.45) is 17.3 Å². The lowest BCUT2D eigenvalue weighted by atomic mass is 9.78. The summed E-state index contributed by atoms with van der Waals surface area (Å²) in [7, 11) is 2.30. The minimum atomic E-state index is 0.570. The Bertz CT molecular complexity index is 259. The fourth-order valence-corrected chi connectivity index (χ4v) is 4.33. The molecule has 3 heterocycles. The molecule has 2 bridgehead atoms. The lowest BCUT2D eigenvalue weighted by Gasteiger charge is -2.47. The third kappa shape index (κ3) is 1.72. The van der Waals surface area contributed by atoms with Crippen LogP contribution >= 0.6 is 0 Å². The standard InChI is InChI=1S/C13H24N2/c1-13(2)5-12-11-4-10(6-14(3)8-11)7-15(12)9-13/h10-12H,4-9H2,1-3H3/t10-,11+,12-/m1/s1. The number of rotatable bonds is 0. The van der Waals surface area contributed by atoms with E-state index in [-0.39, 0.29) is 0 Å². The van der Waals surface area contributed by atoms with Crippen molar-refractivity contribution in [3.05, 3.63) is 0 Å². The molecule has 0 unspecified atom stereocenters. The van der Waals surface area contributed by atoms with Gasteiger partial charge in [0.25, 0.3) is 0 Å². The van der Waals surface area contributed by atoms with Crippen molar-refractivity contribution >= 4 is 0 Å². The quantitative estimate of drug-likeness (QED) is 0.597. The lowest BCUT2D eigenvalue weighted by molar-refractivity contribution is 0.0159. The van der Waals surface area contributed by atoms with Gasteiger partial charge in [-0.1, -0.05) is 13.8 Å². The van der Waals surface area contributed by atoms with E-state index in [0.717, 1.165) is 17.9 Å². The van der Waals surface area contributed by atoms with Crippen LogP contribution in [0.15, 0.2) is 0 Å². The van der Waals surface area contributed by atoms with E-state index in [1.165, 1.54) is 39.0 Å². The molecule has 3 rings (SSSR count). The van der Waals surface area contributed by atoms with Gasteiger partial charge in [0.05, 0.1) is 0 Å². The van der Waals surface area contributed by atoms with Crippen molar-refractivity contribution in [2.45, 2.75) is 32.7 Å². The molecule has 0 N–H and O–H groups in total. The van der Waals surface area contributed by atoms with E-state index >= 15 is 0 Å². The van der Waals surface area contributed by atoms with Gasteiger partial charge in [-0.2, -0.15) is 0 Å². The molecule has 0 saturated carbocycles. The van der Waals surface area contributed by atoms with Crippen LogP contribution in [0.2, 0.25) is 0 Å². The Kier molecular flexibility index (Phi) is 2.16. The molecule has 3 aliphatic heterocycles. The maximum atomic E-state index is 2.80. The molecule has 2 heteroatoms. The summed E-state index contributed by atoms with van der Waals surface area (Å²) in [6.45, 7) is 10.3. The van der Waals surface area contributed by atoms with Gasteiger partial charge < -0.3 is 4.90 Å². The molecule has 3 fully saturated rings. The van der Waals surface area contributed by atoms with E-state index in [1.807, 2.05) is 0 Å². The first kappa shape index (κ1) is 10.1.